The molecule has 0 aliphatic heterocycles. The van der Waals surface area contributed by atoms with Crippen LogP contribution in [0, 0.1) is 0 Å². The van der Waals surface area contributed by atoms with Crippen LogP contribution in [0.2, 0.25) is 0 Å². The lowest BCUT2D eigenvalue weighted by atomic mass is 10.5. The van der Waals surface area contributed by atoms with E-state index >= 15 is 0 Å². The Hall–Kier alpha value is -0.940. The number of rotatable bonds is 1. The minimum absolute atomic E-state index is 0.106. The van der Waals surface area contributed by atoms with Crippen LogP contribution in [-0.2, 0) is 0 Å². The Morgan fingerprint density at radius 3 is 3.00 bits per heavy atom. The smallest absolute Gasteiger partial charge is 0.269 e. The highest BCUT2D eigenvalue weighted by Crippen LogP contribution is 2.42. The highest BCUT2D eigenvalue weighted by atomic mass is 33.0. The number of aromatic nitrogens is 2. The van der Waals surface area contributed by atoms with Crippen LogP contribution in [0.3, 0.4) is 0 Å². The largest absolute Gasteiger partial charge is 0.362 e. The maximum Gasteiger partial charge on any atom is 0.362 e. The molecule has 0 aliphatic rings. The van der Waals surface area contributed by atoms with Gasteiger partial charge in [0.15, 0.2) is 0 Å². The van der Waals surface area contributed by atoms with Gasteiger partial charge in [0.1, 0.15) is 0 Å². The molecule has 2 rings (SSSR count). The zero-order chi connectivity index (χ0) is 8.55. The summed E-state index contributed by atoms with van der Waals surface area (Å²) in [5.74, 6) is 0.106. The Morgan fingerprint density at radius 2 is 2.50 bits per heavy atom. The van der Waals surface area contributed by atoms with Crippen molar-refractivity contribution >= 4 is 26.1 Å². The first kappa shape index (κ1) is 7.70. The Labute approximate surface area is 75.9 Å². The van der Waals surface area contributed by atoms with Crippen molar-refractivity contribution in [2.45, 2.75) is 6.92 Å². The average molecular weight is 199 g/mol. The topological polar surface area (TPSA) is 34.9 Å². The Bertz CT molecular complexity index is 384. The van der Waals surface area contributed by atoms with Crippen molar-refractivity contribution in [3.05, 3.63) is 24.4 Å². The van der Waals surface area contributed by atoms with Crippen LogP contribution in [0.4, 0.5) is 0 Å². The number of carbonyl (C=O) groups is 1. The second-order valence-corrected chi connectivity index (χ2v) is 5.69. The summed E-state index contributed by atoms with van der Waals surface area (Å²) in [6, 6.07) is 5.75. The number of hydrogen-bond acceptors (Lipinski definition) is 3. The van der Waals surface area contributed by atoms with E-state index in [1.54, 1.807) is 27.0 Å². The second kappa shape index (κ2) is 2.84. The molecule has 62 valence electrons. The zero-order valence-corrected chi connectivity index (χ0v) is 8.06. The van der Waals surface area contributed by atoms with Crippen molar-refractivity contribution < 1.29 is 4.79 Å². The Morgan fingerprint density at radius 1 is 1.67 bits per heavy atom. The summed E-state index contributed by atoms with van der Waals surface area (Å²) in [4.78, 5) is 15.0. The van der Waals surface area contributed by atoms with Gasteiger partial charge in [0.2, 0.25) is 14.7 Å². The molecule has 5 heteroatoms. The number of carbonyl (C=O) groups excluding carboxylic acids is 1. The van der Waals surface area contributed by atoms with Gasteiger partial charge in [0.25, 0.3) is 5.91 Å². The summed E-state index contributed by atoms with van der Waals surface area (Å²) < 4.78 is 1.74. The van der Waals surface area contributed by atoms with E-state index in [9.17, 15) is 4.79 Å². The third kappa shape index (κ3) is 1.33. The van der Waals surface area contributed by atoms with Gasteiger partial charge in [-0.05, 0) is 12.1 Å². The van der Waals surface area contributed by atoms with Gasteiger partial charge in [-0.2, -0.15) is 0 Å². The van der Waals surface area contributed by atoms with Crippen LogP contribution in [-0.4, -0.2) is 14.2 Å². The summed E-state index contributed by atoms with van der Waals surface area (Å²) in [5.41, 5.74) is 0. The van der Waals surface area contributed by atoms with E-state index in [-0.39, 0.29) is 15.6 Å². The number of pyridine rings is 1. The van der Waals surface area contributed by atoms with Gasteiger partial charge < -0.3 is 0 Å². The second-order valence-electron chi connectivity index (χ2n) is 2.27. The average Bonchev–Trinajstić information content (AvgIpc) is 2.84. The molecule has 12 heavy (non-hydrogen) atoms. The maximum atomic E-state index is 10.9. The molecular weight excluding hydrogens is 192 g/mol. The fourth-order valence-corrected chi connectivity index (χ4v) is 3.79. The molecule has 0 aromatic carbocycles. The molecule has 2 aromatic rings. The first-order valence-corrected chi connectivity index (χ1v) is 5.91. The van der Waals surface area contributed by atoms with Crippen molar-refractivity contribution in [2.24, 2.45) is 0 Å². The predicted molar refractivity (Wildman–Crippen MR) is 50.2 cm³/mol. The van der Waals surface area contributed by atoms with Crippen LogP contribution in [0.15, 0.2) is 24.4 Å². The highest BCUT2D eigenvalue weighted by molar-refractivity contribution is 7.90. The molecular formula is C7H7N2OS2+. The maximum absolute atomic E-state index is 10.9. The first-order chi connectivity index (χ1) is 5.79. The molecule has 2 heterocycles. The van der Waals surface area contributed by atoms with Gasteiger partial charge in [-0.15, -0.1) is 0 Å². The molecule has 0 N–H and O–H groups in total. The van der Waals surface area contributed by atoms with Gasteiger partial charge in [0.05, 0.1) is 0 Å². The molecule has 1 unspecified atom stereocenters. The van der Waals surface area contributed by atoms with Gasteiger partial charge in [-0.25, -0.2) is 4.98 Å². The molecule has 0 spiro atoms. The molecule has 0 bridgehead atoms. The minimum atomic E-state index is -0.108. The van der Waals surface area contributed by atoms with Crippen LogP contribution in [0.5, 0.6) is 0 Å². The molecule has 0 fully saturated rings. The minimum Gasteiger partial charge on any atom is -0.269 e. The van der Waals surface area contributed by atoms with E-state index in [1.807, 2.05) is 18.2 Å². The van der Waals surface area contributed by atoms with Gasteiger partial charge in [0, 0.05) is 16.5 Å². The lowest BCUT2D eigenvalue weighted by Gasteiger charge is -1.79. The van der Waals surface area contributed by atoms with E-state index in [0.29, 0.717) is 0 Å². The lowest BCUT2D eigenvalue weighted by molar-refractivity contribution is 0.0960. The van der Waals surface area contributed by atoms with Gasteiger partial charge >= 0.3 is 10.5 Å². The third-order valence-corrected chi connectivity index (χ3v) is 4.85. The summed E-state index contributed by atoms with van der Waals surface area (Å²) in [5, 5.41) is 0.984. The van der Waals surface area contributed by atoms with E-state index < -0.39 is 0 Å². The molecule has 0 aliphatic carbocycles. The quantitative estimate of drug-likeness (QED) is 0.522. The summed E-state index contributed by atoms with van der Waals surface area (Å²) in [7, 11) is 1.44. The van der Waals surface area contributed by atoms with E-state index in [0.717, 1.165) is 5.03 Å². The fourth-order valence-electron chi connectivity index (χ4n) is 0.793. The molecule has 0 saturated carbocycles. The van der Waals surface area contributed by atoms with Crippen LogP contribution < -0.4 is 0 Å². The highest BCUT2D eigenvalue weighted by Gasteiger charge is 2.34. The molecule has 3 nitrogen and oxygen atoms in total. The zero-order valence-electron chi connectivity index (χ0n) is 6.43. The monoisotopic (exact) mass is 199 g/mol. The predicted octanol–water partition coefficient (Wildman–Crippen LogP) is 2.34. The summed E-state index contributed by atoms with van der Waals surface area (Å²) in [6.45, 7) is 1.57. The van der Waals surface area contributed by atoms with Crippen molar-refractivity contribution in [1.82, 2.24) is 8.33 Å². The SMILES string of the molecule is CC(=O)n1s[s+]1-c1ccccn1. The van der Waals surface area contributed by atoms with Crippen molar-refractivity contribution in [3.63, 3.8) is 0 Å². The first-order valence-electron chi connectivity index (χ1n) is 3.43. The fraction of sp³-hybridized carbons (Fsp3) is 0.143. The van der Waals surface area contributed by atoms with E-state index in [4.69, 9.17) is 0 Å². The number of nitrogens with zero attached hydrogens (tertiary/aromatic N) is 2. The lowest BCUT2D eigenvalue weighted by Crippen LogP contribution is -1.91. The van der Waals surface area contributed by atoms with E-state index in [1.165, 1.54) is 0 Å². The normalized spacial score (nSPS) is 11.9. The number of hydrogen-bond donors (Lipinski definition) is 0. The Kier molecular flexibility index (Phi) is 1.82. The van der Waals surface area contributed by atoms with Crippen LogP contribution in [0.1, 0.15) is 11.7 Å². The summed E-state index contributed by atoms with van der Waals surface area (Å²) >= 11 is 0. The van der Waals surface area contributed by atoms with E-state index in [2.05, 4.69) is 4.98 Å². The van der Waals surface area contributed by atoms with Crippen LogP contribution >= 0.6 is 20.2 Å². The standard InChI is InChI=1S/C7H7N2OS2/c1-6(10)9-11-12(9)7-4-2-3-5-8-7/h2-5H,1H3/q+1. The van der Waals surface area contributed by atoms with Gasteiger partial charge in [-0.3, -0.25) is 4.79 Å². The summed E-state index contributed by atoms with van der Waals surface area (Å²) in [6.07, 6.45) is 1.75. The molecule has 2 aromatic heterocycles. The molecule has 0 saturated heterocycles. The van der Waals surface area contributed by atoms with Crippen LogP contribution in [0.25, 0.3) is 5.03 Å². The van der Waals surface area contributed by atoms with Crippen molar-refractivity contribution in [1.29, 1.82) is 0 Å². The molecule has 0 radical (unpaired) electrons. The molecule has 1 atom stereocenters. The third-order valence-electron chi connectivity index (χ3n) is 1.34. The van der Waals surface area contributed by atoms with Crippen molar-refractivity contribution in [2.75, 3.05) is 0 Å². The van der Waals surface area contributed by atoms with Crippen molar-refractivity contribution in [3.8, 4) is 5.03 Å². The van der Waals surface area contributed by atoms with Gasteiger partial charge in [-0.1, -0.05) is 6.07 Å². The Balaban J connectivity index is 2.29. The molecule has 0 amide bonds.